The maximum Gasteiger partial charge on any atom is 0.224 e. The van der Waals surface area contributed by atoms with Gasteiger partial charge in [0.1, 0.15) is 5.82 Å². The number of pyridine rings is 1. The molecule has 3 heterocycles. The Kier molecular flexibility index (Phi) is 5.31. The lowest BCUT2D eigenvalue weighted by Gasteiger charge is -2.39. The lowest BCUT2D eigenvalue weighted by Crippen LogP contribution is -2.43. The number of hydrogen-bond acceptors (Lipinski definition) is 5. The average molecular weight is 390 g/mol. The highest BCUT2D eigenvalue weighted by molar-refractivity contribution is 5.94. The summed E-state index contributed by atoms with van der Waals surface area (Å²) in [6.07, 6.45) is 6.44. The highest BCUT2D eigenvalue weighted by atomic mass is 16.2. The SMILES string of the molecule is CC(=O)N1c2ccc(-c3cnn(CCN)c3)cc2C(Nc2ccccn2)C[C@@H]1C. The van der Waals surface area contributed by atoms with Crippen molar-refractivity contribution in [2.75, 3.05) is 16.8 Å². The molecule has 0 aliphatic carbocycles. The number of fused-ring (bicyclic) bond motifs is 1. The third-order valence-electron chi connectivity index (χ3n) is 5.33. The zero-order chi connectivity index (χ0) is 20.4. The van der Waals surface area contributed by atoms with Crippen LogP contribution in [0.3, 0.4) is 0 Å². The maximum atomic E-state index is 12.3. The van der Waals surface area contributed by atoms with Crippen LogP contribution in [0.25, 0.3) is 11.1 Å². The molecular weight excluding hydrogens is 364 g/mol. The smallest absolute Gasteiger partial charge is 0.224 e. The molecule has 2 atom stereocenters. The zero-order valence-corrected chi connectivity index (χ0v) is 16.7. The van der Waals surface area contributed by atoms with Crippen molar-refractivity contribution in [3.63, 3.8) is 0 Å². The van der Waals surface area contributed by atoms with Crippen LogP contribution in [0, 0.1) is 0 Å². The van der Waals surface area contributed by atoms with Gasteiger partial charge in [-0.2, -0.15) is 5.10 Å². The quantitative estimate of drug-likeness (QED) is 0.698. The number of aromatic nitrogens is 3. The molecule has 0 saturated carbocycles. The van der Waals surface area contributed by atoms with Crippen LogP contribution in [-0.2, 0) is 11.3 Å². The summed E-state index contributed by atoms with van der Waals surface area (Å²) >= 11 is 0. The minimum Gasteiger partial charge on any atom is -0.363 e. The van der Waals surface area contributed by atoms with Crippen molar-refractivity contribution in [2.24, 2.45) is 5.73 Å². The van der Waals surface area contributed by atoms with Gasteiger partial charge in [0.15, 0.2) is 0 Å². The standard InChI is InChI=1S/C22H26N6O/c1-15-11-20(26-22-5-3-4-9-24-22)19-12-17(6-7-21(19)28(15)16(2)29)18-13-25-27(14-18)10-8-23/h3-7,9,12-15,20H,8,10-11,23H2,1-2H3,(H,24,26)/t15-,20?/m0/s1. The largest absolute Gasteiger partial charge is 0.363 e. The van der Waals surface area contributed by atoms with Crippen molar-refractivity contribution in [1.82, 2.24) is 14.8 Å². The molecule has 4 rings (SSSR count). The molecule has 2 aromatic heterocycles. The van der Waals surface area contributed by atoms with E-state index in [1.165, 1.54) is 0 Å². The molecule has 0 saturated heterocycles. The van der Waals surface area contributed by atoms with Crippen LogP contribution in [0.15, 0.2) is 55.0 Å². The van der Waals surface area contributed by atoms with Gasteiger partial charge in [0.2, 0.25) is 5.91 Å². The predicted molar refractivity (Wildman–Crippen MR) is 115 cm³/mol. The second-order valence-corrected chi connectivity index (χ2v) is 7.44. The highest BCUT2D eigenvalue weighted by Gasteiger charge is 2.32. The first kappa shape index (κ1) is 19.1. The van der Waals surface area contributed by atoms with Gasteiger partial charge >= 0.3 is 0 Å². The first-order valence-corrected chi connectivity index (χ1v) is 9.91. The van der Waals surface area contributed by atoms with E-state index in [0.717, 1.165) is 34.6 Å². The molecule has 1 aromatic carbocycles. The Bertz CT molecular complexity index is 1000. The molecule has 29 heavy (non-hydrogen) atoms. The van der Waals surface area contributed by atoms with Crippen LogP contribution in [-0.4, -0.2) is 33.3 Å². The Labute approximate surface area is 170 Å². The minimum atomic E-state index is 0.0542. The number of amides is 1. The monoisotopic (exact) mass is 390 g/mol. The van der Waals surface area contributed by atoms with E-state index in [-0.39, 0.29) is 18.0 Å². The third kappa shape index (κ3) is 3.86. The van der Waals surface area contributed by atoms with Crippen molar-refractivity contribution < 1.29 is 4.79 Å². The zero-order valence-electron chi connectivity index (χ0n) is 16.7. The topological polar surface area (TPSA) is 89.1 Å². The second-order valence-electron chi connectivity index (χ2n) is 7.44. The first-order valence-electron chi connectivity index (χ1n) is 9.91. The number of nitrogens with zero attached hydrogens (tertiary/aromatic N) is 4. The predicted octanol–water partition coefficient (Wildman–Crippen LogP) is 3.20. The van der Waals surface area contributed by atoms with Crippen molar-refractivity contribution >= 4 is 17.4 Å². The van der Waals surface area contributed by atoms with Gasteiger partial charge in [-0.05, 0) is 48.7 Å². The molecule has 3 N–H and O–H groups in total. The van der Waals surface area contributed by atoms with Crippen molar-refractivity contribution in [3.05, 3.63) is 60.6 Å². The fraction of sp³-hybridized carbons (Fsp3) is 0.318. The van der Waals surface area contributed by atoms with E-state index in [4.69, 9.17) is 5.73 Å². The number of rotatable bonds is 5. The van der Waals surface area contributed by atoms with Gasteiger partial charge in [0, 0.05) is 43.2 Å². The van der Waals surface area contributed by atoms with E-state index < -0.39 is 0 Å². The molecule has 0 fully saturated rings. The third-order valence-corrected chi connectivity index (χ3v) is 5.33. The normalized spacial score (nSPS) is 18.4. The van der Waals surface area contributed by atoms with E-state index in [2.05, 4.69) is 34.5 Å². The summed E-state index contributed by atoms with van der Waals surface area (Å²) in [5.41, 5.74) is 9.77. The van der Waals surface area contributed by atoms with Gasteiger partial charge in [-0.3, -0.25) is 9.48 Å². The lowest BCUT2D eigenvalue weighted by atomic mass is 9.89. The van der Waals surface area contributed by atoms with E-state index in [9.17, 15) is 4.79 Å². The lowest BCUT2D eigenvalue weighted by molar-refractivity contribution is -0.117. The summed E-state index contributed by atoms with van der Waals surface area (Å²) in [5.74, 6) is 0.881. The van der Waals surface area contributed by atoms with Gasteiger partial charge in [-0.1, -0.05) is 12.1 Å². The van der Waals surface area contributed by atoms with Crippen LogP contribution in [0.4, 0.5) is 11.5 Å². The fourth-order valence-electron chi connectivity index (χ4n) is 4.05. The molecular formula is C22H26N6O. The van der Waals surface area contributed by atoms with Crippen LogP contribution in [0.5, 0.6) is 0 Å². The van der Waals surface area contributed by atoms with Crippen molar-refractivity contribution in [3.8, 4) is 11.1 Å². The minimum absolute atomic E-state index is 0.0542. The number of carbonyl (C=O) groups excluding carboxylic acids is 1. The van der Waals surface area contributed by atoms with Gasteiger partial charge < -0.3 is 16.0 Å². The Morgan fingerprint density at radius 3 is 2.86 bits per heavy atom. The maximum absolute atomic E-state index is 12.3. The number of hydrogen-bond donors (Lipinski definition) is 2. The molecule has 1 aliphatic rings. The van der Waals surface area contributed by atoms with Crippen LogP contribution < -0.4 is 16.0 Å². The molecule has 1 amide bonds. The van der Waals surface area contributed by atoms with E-state index in [1.807, 2.05) is 46.2 Å². The second kappa shape index (κ2) is 8.05. The summed E-state index contributed by atoms with van der Waals surface area (Å²) in [6.45, 7) is 4.94. The Morgan fingerprint density at radius 1 is 1.28 bits per heavy atom. The Balaban J connectivity index is 1.74. The van der Waals surface area contributed by atoms with Gasteiger partial charge in [0.25, 0.3) is 0 Å². The van der Waals surface area contributed by atoms with Gasteiger partial charge in [-0.15, -0.1) is 0 Å². The molecule has 0 spiro atoms. The summed E-state index contributed by atoms with van der Waals surface area (Å²) in [5, 5.41) is 7.93. The molecule has 0 bridgehead atoms. The summed E-state index contributed by atoms with van der Waals surface area (Å²) < 4.78 is 1.85. The van der Waals surface area contributed by atoms with Crippen molar-refractivity contribution in [1.29, 1.82) is 0 Å². The van der Waals surface area contributed by atoms with Crippen LogP contribution in [0.1, 0.15) is 31.9 Å². The Hall–Kier alpha value is -3.19. The van der Waals surface area contributed by atoms with Gasteiger partial charge in [0.05, 0.1) is 18.8 Å². The molecule has 150 valence electrons. The van der Waals surface area contributed by atoms with E-state index >= 15 is 0 Å². The number of benzene rings is 1. The van der Waals surface area contributed by atoms with Crippen molar-refractivity contribution in [2.45, 2.75) is 38.9 Å². The van der Waals surface area contributed by atoms with Gasteiger partial charge in [-0.25, -0.2) is 4.98 Å². The molecule has 1 unspecified atom stereocenters. The van der Waals surface area contributed by atoms with E-state index in [1.54, 1.807) is 13.1 Å². The Morgan fingerprint density at radius 2 is 2.14 bits per heavy atom. The first-order chi connectivity index (χ1) is 14.1. The molecule has 0 radical (unpaired) electrons. The summed E-state index contributed by atoms with van der Waals surface area (Å²) in [7, 11) is 0. The van der Waals surface area contributed by atoms with E-state index in [0.29, 0.717) is 13.1 Å². The van der Waals surface area contributed by atoms with Crippen LogP contribution >= 0.6 is 0 Å². The molecule has 7 nitrogen and oxygen atoms in total. The fourth-order valence-corrected chi connectivity index (χ4v) is 4.05. The highest BCUT2D eigenvalue weighted by Crippen LogP contribution is 2.40. The number of nitrogens with two attached hydrogens (primary N) is 1. The average Bonchev–Trinajstić information content (AvgIpc) is 3.17. The summed E-state index contributed by atoms with van der Waals surface area (Å²) in [4.78, 5) is 18.6. The number of anilines is 2. The molecule has 1 aliphatic heterocycles. The molecule has 3 aromatic rings. The number of nitrogens with one attached hydrogen (secondary N) is 1. The van der Waals surface area contributed by atoms with Crippen LogP contribution in [0.2, 0.25) is 0 Å². The number of carbonyl (C=O) groups is 1. The molecule has 7 heteroatoms. The summed E-state index contributed by atoms with van der Waals surface area (Å²) in [6, 6.07) is 12.2.